The predicted molar refractivity (Wildman–Crippen MR) is 85.5 cm³/mol. The summed E-state index contributed by atoms with van der Waals surface area (Å²) in [6.07, 6.45) is 3.76. The van der Waals surface area contributed by atoms with Crippen LogP contribution >= 0.6 is 23.2 Å². The molecule has 1 saturated carbocycles. The van der Waals surface area contributed by atoms with E-state index >= 15 is 0 Å². The van der Waals surface area contributed by atoms with Gasteiger partial charge >= 0.3 is 0 Å². The number of benzene rings is 1. The number of aliphatic hydroxyl groups is 1. The van der Waals surface area contributed by atoms with Crippen LogP contribution in [0.3, 0.4) is 0 Å². The highest BCUT2D eigenvalue weighted by Gasteiger charge is 2.45. The second-order valence-corrected chi connectivity index (χ2v) is 6.31. The maximum atomic E-state index is 11.0. The summed E-state index contributed by atoms with van der Waals surface area (Å²) in [5, 5.41) is 12.0. The molecule has 0 saturated heterocycles. The van der Waals surface area contributed by atoms with Crippen LogP contribution in [0.4, 0.5) is 0 Å². The van der Waals surface area contributed by atoms with Crippen molar-refractivity contribution in [1.29, 1.82) is 0 Å². The third-order valence-electron chi connectivity index (χ3n) is 4.65. The van der Waals surface area contributed by atoms with E-state index < -0.39 is 6.10 Å². The molecule has 1 aromatic carbocycles. The Morgan fingerprint density at radius 1 is 1.20 bits per heavy atom. The van der Waals surface area contributed by atoms with Crippen molar-refractivity contribution in [2.45, 2.75) is 51.2 Å². The lowest BCUT2D eigenvalue weighted by Gasteiger charge is -2.44. The molecule has 0 bridgehead atoms. The van der Waals surface area contributed by atoms with Gasteiger partial charge in [0, 0.05) is 5.56 Å². The van der Waals surface area contributed by atoms with Gasteiger partial charge in [0.1, 0.15) is 0 Å². The van der Waals surface area contributed by atoms with Gasteiger partial charge in [0.05, 0.1) is 21.7 Å². The molecule has 112 valence electrons. The largest absolute Gasteiger partial charge is 0.386 e. The van der Waals surface area contributed by atoms with Gasteiger partial charge in [-0.25, -0.2) is 0 Å². The minimum absolute atomic E-state index is 0.197. The Bertz CT molecular complexity index is 454. The molecule has 20 heavy (non-hydrogen) atoms. The molecule has 1 unspecified atom stereocenters. The molecule has 4 heteroatoms. The van der Waals surface area contributed by atoms with Crippen molar-refractivity contribution in [1.82, 2.24) is 4.90 Å². The molecule has 0 spiro atoms. The Morgan fingerprint density at radius 3 is 2.35 bits per heavy atom. The van der Waals surface area contributed by atoms with E-state index in [1.807, 2.05) is 12.1 Å². The van der Waals surface area contributed by atoms with Crippen LogP contribution in [-0.2, 0) is 0 Å². The van der Waals surface area contributed by atoms with Gasteiger partial charge in [-0.2, -0.15) is 0 Å². The third kappa shape index (κ3) is 2.71. The zero-order valence-electron chi connectivity index (χ0n) is 12.2. The summed E-state index contributed by atoms with van der Waals surface area (Å²) in [5.41, 5.74) is 0.561. The van der Waals surface area contributed by atoms with E-state index in [0.29, 0.717) is 10.0 Å². The minimum atomic E-state index is -0.587. The molecule has 2 rings (SSSR count). The van der Waals surface area contributed by atoms with Crippen LogP contribution in [0, 0.1) is 0 Å². The number of halogens is 2. The van der Waals surface area contributed by atoms with Gasteiger partial charge in [-0.3, -0.25) is 4.90 Å². The molecule has 1 aliphatic carbocycles. The first-order chi connectivity index (χ1) is 9.56. The van der Waals surface area contributed by atoms with E-state index in [2.05, 4.69) is 18.7 Å². The summed E-state index contributed by atoms with van der Waals surface area (Å²) < 4.78 is 0. The predicted octanol–water partition coefficient (Wildman–Crippen LogP) is 4.68. The molecule has 1 aromatic rings. The minimum Gasteiger partial charge on any atom is -0.386 e. The molecule has 0 heterocycles. The van der Waals surface area contributed by atoms with Crippen LogP contribution < -0.4 is 0 Å². The van der Waals surface area contributed by atoms with Crippen molar-refractivity contribution in [3.8, 4) is 0 Å². The Morgan fingerprint density at radius 2 is 1.80 bits per heavy atom. The lowest BCUT2D eigenvalue weighted by molar-refractivity contribution is -0.0268. The van der Waals surface area contributed by atoms with Crippen molar-refractivity contribution < 1.29 is 5.11 Å². The highest BCUT2D eigenvalue weighted by atomic mass is 35.5. The van der Waals surface area contributed by atoms with E-state index in [0.717, 1.165) is 44.3 Å². The van der Waals surface area contributed by atoms with E-state index in [4.69, 9.17) is 23.2 Å². The molecule has 1 N–H and O–H groups in total. The lowest BCUT2D eigenvalue weighted by atomic mass is 9.84. The van der Waals surface area contributed by atoms with Crippen molar-refractivity contribution in [2.75, 3.05) is 13.1 Å². The molecule has 0 aliphatic heterocycles. The molecule has 0 aromatic heterocycles. The first kappa shape index (κ1) is 16.1. The van der Waals surface area contributed by atoms with Crippen LogP contribution in [0.2, 0.25) is 10.0 Å². The van der Waals surface area contributed by atoms with E-state index in [-0.39, 0.29) is 5.54 Å². The standard InChI is InChI=1S/C16H23Cl2NO/c1-3-19(4-2)16(10-5-6-11-16)15(20)12-8-7-9-13(17)14(12)18/h7-9,15,20H,3-6,10-11H2,1-2H3. The zero-order chi connectivity index (χ0) is 14.8. The highest BCUT2D eigenvalue weighted by Crippen LogP contribution is 2.46. The van der Waals surface area contributed by atoms with Crippen LogP contribution in [0.1, 0.15) is 51.2 Å². The van der Waals surface area contributed by atoms with Gasteiger partial charge in [-0.1, -0.05) is 62.0 Å². The molecular formula is C16H23Cl2NO. The average Bonchev–Trinajstić information content (AvgIpc) is 2.93. The van der Waals surface area contributed by atoms with Gasteiger partial charge in [-0.15, -0.1) is 0 Å². The molecule has 1 atom stereocenters. The molecule has 0 amide bonds. The number of rotatable bonds is 5. The van der Waals surface area contributed by atoms with Gasteiger partial charge in [0.2, 0.25) is 0 Å². The van der Waals surface area contributed by atoms with Gasteiger partial charge in [0.25, 0.3) is 0 Å². The molecule has 1 fully saturated rings. The number of hydrogen-bond donors (Lipinski definition) is 1. The first-order valence-electron chi connectivity index (χ1n) is 7.43. The smallest absolute Gasteiger partial charge is 0.0988 e. The fourth-order valence-electron chi connectivity index (χ4n) is 3.62. The van der Waals surface area contributed by atoms with Crippen molar-refractivity contribution in [3.63, 3.8) is 0 Å². The topological polar surface area (TPSA) is 23.5 Å². The maximum absolute atomic E-state index is 11.0. The molecule has 2 nitrogen and oxygen atoms in total. The maximum Gasteiger partial charge on any atom is 0.0988 e. The zero-order valence-corrected chi connectivity index (χ0v) is 13.7. The second-order valence-electron chi connectivity index (χ2n) is 5.53. The Labute approximate surface area is 131 Å². The van der Waals surface area contributed by atoms with Gasteiger partial charge in [0.15, 0.2) is 0 Å². The highest BCUT2D eigenvalue weighted by molar-refractivity contribution is 6.42. The normalized spacial score (nSPS) is 19.5. The van der Waals surface area contributed by atoms with Gasteiger partial charge < -0.3 is 5.11 Å². The van der Waals surface area contributed by atoms with E-state index in [9.17, 15) is 5.11 Å². The fraction of sp³-hybridized carbons (Fsp3) is 0.625. The van der Waals surface area contributed by atoms with Crippen LogP contribution in [0.15, 0.2) is 18.2 Å². The van der Waals surface area contributed by atoms with E-state index in [1.165, 1.54) is 0 Å². The number of likely N-dealkylation sites (N-methyl/N-ethyl adjacent to an activating group) is 1. The summed E-state index contributed by atoms with van der Waals surface area (Å²) in [5.74, 6) is 0. The number of aliphatic hydroxyl groups excluding tert-OH is 1. The van der Waals surface area contributed by atoms with Crippen LogP contribution in [0.5, 0.6) is 0 Å². The third-order valence-corrected chi connectivity index (χ3v) is 5.48. The summed E-state index contributed by atoms with van der Waals surface area (Å²) in [7, 11) is 0. The summed E-state index contributed by atoms with van der Waals surface area (Å²) in [6.45, 7) is 6.17. The van der Waals surface area contributed by atoms with Crippen molar-refractivity contribution in [2.24, 2.45) is 0 Å². The number of nitrogens with zero attached hydrogens (tertiary/aromatic N) is 1. The van der Waals surface area contributed by atoms with Gasteiger partial charge in [-0.05, 0) is 32.0 Å². The summed E-state index contributed by atoms with van der Waals surface area (Å²) in [4.78, 5) is 2.38. The first-order valence-corrected chi connectivity index (χ1v) is 8.19. The monoisotopic (exact) mass is 315 g/mol. The Kier molecular flexibility index (Phi) is 5.36. The van der Waals surface area contributed by atoms with Crippen LogP contribution in [-0.4, -0.2) is 28.6 Å². The Balaban J connectivity index is 2.41. The van der Waals surface area contributed by atoms with Crippen molar-refractivity contribution >= 4 is 23.2 Å². The summed E-state index contributed by atoms with van der Waals surface area (Å²) in [6, 6.07) is 5.51. The quantitative estimate of drug-likeness (QED) is 0.852. The van der Waals surface area contributed by atoms with Crippen LogP contribution in [0.25, 0.3) is 0 Å². The fourth-order valence-corrected chi connectivity index (χ4v) is 4.04. The number of hydrogen-bond acceptors (Lipinski definition) is 2. The molecule has 1 aliphatic rings. The second kappa shape index (κ2) is 6.65. The molecular weight excluding hydrogens is 293 g/mol. The lowest BCUT2D eigenvalue weighted by Crippen LogP contribution is -2.51. The SMILES string of the molecule is CCN(CC)C1(C(O)c2cccc(Cl)c2Cl)CCCC1. The molecule has 0 radical (unpaired) electrons. The average molecular weight is 316 g/mol. The summed E-state index contributed by atoms with van der Waals surface area (Å²) >= 11 is 12.4. The van der Waals surface area contributed by atoms with E-state index in [1.54, 1.807) is 6.07 Å². The Hall–Kier alpha value is -0.280. The van der Waals surface area contributed by atoms with Crippen molar-refractivity contribution in [3.05, 3.63) is 33.8 Å².